The number of nitrogens with zero attached hydrogens (tertiary/aromatic N) is 2. The third kappa shape index (κ3) is 2.06. The van der Waals surface area contributed by atoms with Crippen LogP contribution in [-0.2, 0) is 4.74 Å². The van der Waals surface area contributed by atoms with Crippen LogP contribution in [0.15, 0.2) is 30.5 Å². The lowest BCUT2D eigenvalue weighted by atomic mass is 10.1. The summed E-state index contributed by atoms with van der Waals surface area (Å²) in [5, 5.41) is 0.811. The van der Waals surface area contributed by atoms with Crippen molar-refractivity contribution >= 4 is 22.6 Å². The van der Waals surface area contributed by atoms with Crippen molar-refractivity contribution in [1.82, 2.24) is 4.98 Å². The fourth-order valence-electron chi connectivity index (χ4n) is 1.70. The number of fused-ring (bicyclic) bond motifs is 1. The summed E-state index contributed by atoms with van der Waals surface area (Å²) in [6.45, 7) is 0. The molecule has 2 rings (SSSR count). The Balaban J connectivity index is 2.68. The normalized spacial score (nSPS) is 10.3. The van der Waals surface area contributed by atoms with Gasteiger partial charge in [-0.15, -0.1) is 0 Å². The molecular formula is C13H14N2O2. The minimum Gasteiger partial charge on any atom is -0.465 e. The molecule has 0 N–H and O–H groups in total. The molecule has 0 saturated heterocycles. The molecule has 0 unspecified atom stereocenters. The van der Waals surface area contributed by atoms with Gasteiger partial charge in [-0.3, -0.25) is 4.98 Å². The van der Waals surface area contributed by atoms with Crippen molar-refractivity contribution in [2.45, 2.75) is 0 Å². The van der Waals surface area contributed by atoms with E-state index in [1.54, 1.807) is 12.3 Å². The molecule has 2 aromatic rings. The number of ether oxygens (including phenoxy) is 1. The Labute approximate surface area is 99.8 Å². The number of hydrogen-bond donors (Lipinski definition) is 0. The van der Waals surface area contributed by atoms with Gasteiger partial charge in [-0.05, 0) is 24.3 Å². The van der Waals surface area contributed by atoms with Gasteiger partial charge in [0.05, 0.1) is 18.2 Å². The third-order valence-electron chi connectivity index (χ3n) is 2.65. The van der Waals surface area contributed by atoms with Gasteiger partial charge in [-0.25, -0.2) is 4.79 Å². The van der Waals surface area contributed by atoms with E-state index in [2.05, 4.69) is 4.98 Å². The second kappa shape index (κ2) is 4.41. The Morgan fingerprint density at radius 2 is 2.06 bits per heavy atom. The Bertz CT molecular complexity index is 564. The zero-order chi connectivity index (χ0) is 12.4. The Morgan fingerprint density at radius 1 is 1.29 bits per heavy atom. The van der Waals surface area contributed by atoms with Gasteiger partial charge in [0.15, 0.2) is 0 Å². The van der Waals surface area contributed by atoms with E-state index in [1.807, 2.05) is 37.2 Å². The summed E-state index contributed by atoms with van der Waals surface area (Å²) in [7, 11) is 5.29. The van der Waals surface area contributed by atoms with Crippen molar-refractivity contribution in [2.75, 3.05) is 26.1 Å². The predicted octanol–water partition coefficient (Wildman–Crippen LogP) is 2.09. The maximum Gasteiger partial charge on any atom is 0.338 e. The van der Waals surface area contributed by atoms with E-state index < -0.39 is 0 Å². The summed E-state index contributed by atoms with van der Waals surface area (Å²) >= 11 is 0. The van der Waals surface area contributed by atoms with Crippen molar-refractivity contribution in [1.29, 1.82) is 0 Å². The van der Waals surface area contributed by atoms with Crippen LogP contribution in [0.3, 0.4) is 0 Å². The number of methoxy groups -OCH3 is 1. The smallest absolute Gasteiger partial charge is 0.338 e. The van der Waals surface area contributed by atoms with Crippen LogP contribution in [0, 0.1) is 0 Å². The minimum atomic E-state index is -0.340. The van der Waals surface area contributed by atoms with Gasteiger partial charge >= 0.3 is 5.97 Å². The summed E-state index contributed by atoms with van der Waals surface area (Å²) < 4.78 is 4.76. The first-order chi connectivity index (χ1) is 8.13. The first-order valence-electron chi connectivity index (χ1n) is 5.28. The molecule has 88 valence electrons. The summed E-state index contributed by atoms with van der Waals surface area (Å²) in [6.07, 6.45) is 1.62. The molecule has 1 aromatic carbocycles. The fraction of sp³-hybridized carbons (Fsp3) is 0.231. The monoisotopic (exact) mass is 230 g/mol. The summed E-state index contributed by atoms with van der Waals surface area (Å²) in [5.74, 6) is -0.340. The summed E-state index contributed by atoms with van der Waals surface area (Å²) in [5.41, 5.74) is 2.36. The van der Waals surface area contributed by atoms with Crippen molar-refractivity contribution in [3.8, 4) is 0 Å². The predicted molar refractivity (Wildman–Crippen MR) is 67.4 cm³/mol. The number of carbonyl (C=O) groups is 1. The van der Waals surface area contributed by atoms with Gasteiger partial charge in [-0.1, -0.05) is 0 Å². The highest BCUT2D eigenvalue weighted by Gasteiger charge is 2.11. The lowest BCUT2D eigenvalue weighted by Gasteiger charge is -2.13. The zero-order valence-electron chi connectivity index (χ0n) is 10.1. The van der Waals surface area contributed by atoms with Crippen LogP contribution in [0.1, 0.15) is 10.4 Å². The number of esters is 1. The van der Waals surface area contributed by atoms with Crippen molar-refractivity contribution in [3.63, 3.8) is 0 Å². The van der Waals surface area contributed by atoms with E-state index in [0.717, 1.165) is 16.6 Å². The van der Waals surface area contributed by atoms with Crippen LogP contribution in [0.2, 0.25) is 0 Å². The van der Waals surface area contributed by atoms with Crippen LogP contribution in [0.5, 0.6) is 0 Å². The molecule has 4 heteroatoms. The van der Waals surface area contributed by atoms with Gasteiger partial charge < -0.3 is 9.64 Å². The molecule has 0 spiro atoms. The number of benzene rings is 1. The maximum absolute atomic E-state index is 11.6. The largest absolute Gasteiger partial charge is 0.465 e. The topological polar surface area (TPSA) is 42.4 Å². The van der Waals surface area contributed by atoms with E-state index in [1.165, 1.54) is 7.11 Å². The first kappa shape index (κ1) is 11.4. The minimum absolute atomic E-state index is 0.340. The van der Waals surface area contributed by atoms with Crippen LogP contribution in [-0.4, -0.2) is 32.2 Å². The number of hydrogen-bond acceptors (Lipinski definition) is 4. The molecule has 1 aromatic heterocycles. The van der Waals surface area contributed by atoms with E-state index in [9.17, 15) is 4.79 Å². The highest BCUT2D eigenvalue weighted by Crippen LogP contribution is 2.23. The molecule has 0 aliphatic carbocycles. The Hall–Kier alpha value is -2.10. The molecule has 0 aliphatic heterocycles. The number of anilines is 1. The first-order valence-corrected chi connectivity index (χ1v) is 5.28. The molecule has 0 aliphatic rings. The quantitative estimate of drug-likeness (QED) is 0.741. The standard InChI is InChI=1S/C13H14N2O2/c1-15(2)9-4-5-12-11(8-9)10(6-7-14-12)13(16)17-3/h4-8H,1-3H3. The molecule has 0 saturated carbocycles. The van der Waals surface area contributed by atoms with Crippen molar-refractivity contribution < 1.29 is 9.53 Å². The zero-order valence-corrected chi connectivity index (χ0v) is 10.1. The van der Waals surface area contributed by atoms with Crippen LogP contribution >= 0.6 is 0 Å². The molecule has 0 amide bonds. The average molecular weight is 230 g/mol. The van der Waals surface area contributed by atoms with Crippen LogP contribution in [0.4, 0.5) is 5.69 Å². The molecular weight excluding hydrogens is 216 g/mol. The number of aromatic nitrogens is 1. The molecule has 0 bridgehead atoms. The lowest BCUT2D eigenvalue weighted by molar-refractivity contribution is 0.0603. The van der Waals surface area contributed by atoms with Gasteiger partial charge in [0, 0.05) is 31.4 Å². The molecule has 0 radical (unpaired) electrons. The van der Waals surface area contributed by atoms with Gasteiger partial charge in [0.25, 0.3) is 0 Å². The van der Waals surface area contributed by atoms with Gasteiger partial charge in [-0.2, -0.15) is 0 Å². The summed E-state index contributed by atoms with van der Waals surface area (Å²) in [6, 6.07) is 7.48. The van der Waals surface area contributed by atoms with E-state index in [4.69, 9.17) is 4.74 Å². The van der Waals surface area contributed by atoms with E-state index in [-0.39, 0.29) is 5.97 Å². The molecule has 0 fully saturated rings. The lowest BCUT2D eigenvalue weighted by Crippen LogP contribution is -2.09. The van der Waals surface area contributed by atoms with Gasteiger partial charge in [0.2, 0.25) is 0 Å². The fourth-order valence-corrected chi connectivity index (χ4v) is 1.70. The second-order valence-electron chi connectivity index (χ2n) is 3.95. The maximum atomic E-state index is 11.6. The number of rotatable bonds is 2. The highest BCUT2D eigenvalue weighted by molar-refractivity contribution is 6.04. The third-order valence-corrected chi connectivity index (χ3v) is 2.65. The summed E-state index contributed by atoms with van der Waals surface area (Å²) in [4.78, 5) is 17.9. The Morgan fingerprint density at radius 3 is 2.71 bits per heavy atom. The van der Waals surface area contributed by atoms with E-state index in [0.29, 0.717) is 5.56 Å². The number of pyridine rings is 1. The van der Waals surface area contributed by atoms with E-state index >= 15 is 0 Å². The average Bonchev–Trinajstić information content (AvgIpc) is 2.36. The van der Waals surface area contributed by atoms with Crippen molar-refractivity contribution in [2.24, 2.45) is 0 Å². The molecule has 17 heavy (non-hydrogen) atoms. The van der Waals surface area contributed by atoms with Crippen molar-refractivity contribution in [3.05, 3.63) is 36.0 Å². The Kier molecular flexibility index (Phi) is 2.95. The molecule has 0 atom stereocenters. The number of carbonyl (C=O) groups excluding carboxylic acids is 1. The SMILES string of the molecule is COC(=O)c1ccnc2ccc(N(C)C)cc12. The molecule has 1 heterocycles. The highest BCUT2D eigenvalue weighted by atomic mass is 16.5. The second-order valence-corrected chi connectivity index (χ2v) is 3.95. The van der Waals surface area contributed by atoms with Crippen LogP contribution < -0.4 is 4.90 Å². The van der Waals surface area contributed by atoms with Gasteiger partial charge in [0.1, 0.15) is 0 Å². The van der Waals surface area contributed by atoms with Crippen LogP contribution in [0.25, 0.3) is 10.9 Å². The molecule has 4 nitrogen and oxygen atoms in total.